The second-order valence-corrected chi connectivity index (χ2v) is 4.26. The van der Waals surface area contributed by atoms with Gasteiger partial charge < -0.3 is 9.84 Å². The van der Waals surface area contributed by atoms with E-state index in [4.69, 9.17) is 4.74 Å². The Morgan fingerprint density at radius 2 is 2.54 bits per heavy atom. The van der Waals surface area contributed by atoms with Gasteiger partial charge in [-0.15, -0.1) is 0 Å². The number of Topliss-reactive ketones (excluding diaryl/α,β-unsaturated/α-hetero) is 1. The summed E-state index contributed by atoms with van der Waals surface area (Å²) in [7, 11) is 0. The lowest BCUT2D eigenvalue weighted by molar-refractivity contribution is -0.120. The van der Waals surface area contributed by atoms with E-state index in [-0.39, 0.29) is 11.7 Å². The molecule has 0 saturated carbocycles. The Labute approximate surface area is 82.8 Å². The molecule has 1 N–H and O–H groups in total. The molecule has 0 bridgehead atoms. The summed E-state index contributed by atoms with van der Waals surface area (Å²) in [5, 5.41) is 9.47. The highest BCUT2D eigenvalue weighted by atomic mass is 32.2. The fraction of sp³-hybridized carbons (Fsp3) is 0.889. The fourth-order valence-electron chi connectivity index (χ4n) is 1.36. The van der Waals surface area contributed by atoms with Crippen molar-refractivity contribution in [1.82, 2.24) is 0 Å². The minimum Gasteiger partial charge on any atom is -0.391 e. The summed E-state index contributed by atoms with van der Waals surface area (Å²) in [6, 6.07) is 0. The van der Waals surface area contributed by atoms with Crippen molar-refractivity contribution in [2.45, 2.75) is 19.4 Å². The molecule has 2 unspecified atom stereocenters. The number of aliphatic hydroxyl groups excluding tert-OH is 1. The van der Waals surface area contributed by atoms with E-state index < -0.39 is 6.10 Å². The van der Waals surface area contributed by atoms with Gasteiger partial charge in [-0.1, -0.05) is 0 Å². The second-order valence-electron chi connectivity index (χ2n) is 3.23. The number of aliphatic hydroxyl groups is 1. The molecule has 0 aromatic carbocycles. The molecule has 1 fully saturated rings. The van der Waals surface area contributed by atoms with Crippen LogP contribution in [0, 0.1) is 5.92 Å². The van der Waals surface area contributed by atoms with Crippen LogP contribution in [0.2, 0.25) is 0 Å². The van der Waals surface area contributed by atoms with E-state index in [1.165, 1.54) is 0 Å². The van der Waals surface area contributed by atoms with Crippen molar-refractivity contribution < 1.29 is 14.6 Å². The molecule has 0 aliphatic carbocycles. The Bertz CT molecular complexity index is 172. The van der Waals surface area contributed by atoms with Crippen LogP contribution in [-0.2, 0) is 9.53 Å². The summed E-state index contributed by atoms with van der Waals surface area (Å²) in [4.78, 5) is 11.2. The van der Waals surface area contributed by atoms with E-state index in [0.717, 1.165) is 5.75 Å². The third-order valence-corrected chi connectivity index (χ3v) is 3.22. The predicted octanol–water partition coefficient (Wildman–Crippen LogP) is 0.706. The van der Waals surface area contributed by atoms with Gasteiger partial charge in [-0.05, 0) is 13.3 Å². The molecule has 2 atom stereocenters. The largest absolute Gasteiger partial charge is 0.391 e. The highest BCUT2D eigenvalue weighted by Crippen LogP contribution is 2.24. The van der Waals surface area contributed by atoms with Gasteiger partial charge in [0.05, 0.1) is 18.5 Å². The minimum atomic E-state index is -0.479. The molecule has 1 rings (SSSR count). The lowest BCUT2D eigenvalue weighted by Gasteiger charge is -2.13. The molecule has 0 aromatic rings. The van der Waals surface area contributed by atoms with Crippen LogP contribution in [0.3, 0.4) is 0 Å². The van der Waals surface area contributed by atoms with E-state index in [1.807, 2.05) is 6.92 Å². The number of hydrogen-bond acceptors (Lipinski definition) is 4. The molecule has 13 heavy (non-hydrogen) atoms. The highest BCUT2D eigenvalue weighted by molar-refractivity contribution is 8.00. The lowest BCUT2D eigenvalue weighted by Crippen LogP contribution is -2.23. The molecule has 1 aliphatic heterocycles. The van der Waals surface area contributed by atoms with Gasteiger partial charge in [-0.3, -0.25) is 4.79 Å². The summed E-state index contributed by atoms with van der Waals surface area (Å²) in [5.41, 5.74) is 0. The summed E-state index contributed by atoms with van der Waals surface area (Å²) in [6.45, 7) is 2.86. The molecule has 0 spiro atoms. The standard InChI is InChI=1S/C9H16O3S/c1-2-12-4-8(10)3-7-5-13-6-9(7)11/h7-8,10H,2-6H2,1H3. The van der Waals surface area contributed by atoms with E-state index in [2.05, 4.69) is 0 Å². The lowest BCUT2D eigenvalue weighted by atomic mass is 10.0. The fourth-order valence-corrected chi connectivity index (χ4v) is 2.52. The molecule has 1 saturated heterocycles. The van der Waals surface area contributed by atoms with Crippen LogP contribution in [0.1, 0.15) is 13.3 Å². The summed E-state index contributed by atoms with van der Waals surface area (Å²) in [6.07, 6.45) is 0.0823. The van der Waals surface area contributed by atoms with Crippen molar-refractivity contribution in [2.24, 2.45) is 5.92 Å². The van der Waals surface area contributed by atoms with Crippen molar-refractivity contribution in [1.29, 1.82) is 0 Å². The molecular weight excluding hydrogens is 188 g/mol. The number of thioether (sulfide) groups is 1. The zero-order valence-corrected chi connectivity index (χ0v) is 8.68. The minimum absolute atomic E-state index is 0.0560. The Kier molecular flexibility index (Phi) is 4.77. The van der Waals surface area contributed by atoms with Crippen molar-refractivity contribution >= 4 is 17.5 Å². The third-order valence-electron chi connectivity index (χ3n) is 2.09. The Balaban J connectivity index is 2.19. The van der Waals surface area contributed by atoms with E-state index in [9.17, 15) is 9.90 Å². The van der Waals surface area contributed by atoms with E-state index in [0.29, 0.717) is 25.4 Å². The molecule has 0 aromatic heterocycles. The van der Waals surface area contributed by atoms with Crippen LogP contribution >= 0.6 is 11.8 Å². The molecule has 0 amide bonds. The Morgan fingerprint density at radius 1 is 1.77 bits per heavy atom. The molecule has 76 valence electrons. The van der Waals surface area contributed by atoms with Crippen molar-refractivity contribution in [3.63, 3.8) is 0 Å². The molecule has 0 radical (unpaired) electrons. The van der Waals surface area contributed by atoms with E-state index >= 15 is 0 Å². The van der Waals surface area contributed by atoms with Crippen molar-refractivity contribution in [3.05, 3.63) is 0 Å². The molecule has 3 nitrogen and oxygen atoms in total. The maximum absolute atomic E-state index is 11.2. The summed E-state index contributed by atoms with van der Waals surface area (Å²) < 4.78 is 5.07. The highest BCUT2D eigenvalue weighted by Gasteiger charge is 2.26. The predicted molar refractivity (Wildman–Crippen MR) is 52.9 cm³/mol. The summed E-state index contributed by atoms with van der Waals surface area (Å²) in [5.74, 6) is 1.81. The number of rotatable bonds is 5. The molecule has 1 heterocycles. The quantitative estimate of drug-likeness (QED) is 0.716. The number of carbonyl (C=O) groups is 1. The summed E-state index contributed by atoms with van der Waals surface area (Å²) >= 11 is 1.65. The zero-order chi connectivity index (χ0) is 9.68. The van der Waals surface area contributed by atoms with Gasteiger partial charge in [0.15, 0.2) is 0 Å². The van der Waals surface area contributed by atoms with Crippen LogP contribution in [0.15, 0.2) is 0 Å². The Hall–Kier alpha value is -0.0600. The van der Waals surface area contributed by atoms with Gasteiger partial charge >= 0.3 is 0 Å². The average Bonchev–Trinajstić information content (AvgIpc) is 2.48. The van der Waals surface area contributed by atoms with Gasteiger partial charge in [-0.25, -0.2) is 0 Å². The molecular formula is C9H16O3S. The number of ether oxygens (including phenoxy) is 1. The maximum Gasteiger partial charge on any atom is 0.146 e. The van der Waals surface area contributed by atoms with Crippen LogP contribution < -0.4 is 0 Å². The van der Waals surface area contributed by atoms with Crippen LogP contribution in [0.4, 0.5) is 0 Å². The first-order chi connectivity index (χ1) is 6.24. The Morgan fingerprint density at radius 3 is 3.08 bits per heavy atom. The number of hydrogen-bond donors (Lipinski definition) is 1. The first kappa shape index (κ1) is 11.0. The number of ketones is 1. The van der Waals surface area contributed by atoms with Crippen LogP contribution in [-0.4, -0.2) is 41.7 Å². The van der Waals surface area contributed by atoms with Gasteiger partial charge in [0, 0.05) is 18.3 Å². The first-order valence-electron chi connectivity index (χ1n) is 4.60. The molecule has 1 aliphatic rings. The monoisotopic (exact) mass is 204 g/mol. The van der Waals surface area contributed by atoms with Crippen molar-refractivity contribution in [2.75, 3.05) is 24.7 Å². The average molecular weight is 204 g/mol. The maximum atomic E-state index is 11.2. The topological polar surface area (TPSA) is 46.5 Å². The van der Waals surface area contributed by atoms with Gasteiger partial charge in [-0.2, -0.15) is 11.8 Å². The second kappa shape index (κ2) is 5.62. The van der Waals surface area contributed by atoms with Gasteiger partial charge in [0.2, 0.25) is 0 Å². The van der Waals surface area contributed by atoms with Gasteiger partial charge in [0.1, 0.15) is 5.78 Å². The van der Waals surface area contributed by atoms with Gasteiger partial charge in [0.25, 0.3) is 0 Å². The zero-order valence-electron chi connectivity index (χ0n) is 7.86. The van der Waals surface area contributed by atoms with Crippen LogP contribution in [0.5, 0.6) is 0 Å². The first-order valence-corrected chi connectivity index (χ1v) is 5.75. The smallest absolute Gasteiger partial charge is 0.146 e. The third kappa shape index (κ3) is 3.67. The van der Waals surface area contributed by atoms with Crippen LogP contribution in [0.25, 0.3) is 0 Å². The SMILES string of the molecule is CCOCC(O)CC1CSCC1=O. The van der Waals surface area contributed by atoms with Crippen molar-refractivity contribution in [3.8, 4) is 0 Å². The normalized spacial score (nSPS) is 25.1. The number of carbonyl (C=O) groups excluding carboxylic acids is 1. The van der Waals surface area contributed by atoms with E-state index in [1.54, 1.807) is 11.8 Å². The molecule has 4 heteroatoms.